The van der Waals surface area contributed by atoms with Crippen LogP contribution < -0.4 is 0 Å². The van der Waals surface area contributed by atoms with Gasteiger partial charge in [0.2, 0.25) is 0 Å². The average Bonchev–Trinajstić information content (AvgIpc) is 2.33. The SMILES string of the molecule is PCC(c1ccccn1)c1ccccn1. The lowest BCUT2D eigenvalue weighted by molar-refractivity contribution is 0.843. The van der Waals surface area contributed by atoms with Crippen LogP contribution in [-0.4, -0.2) is 16.1 Å². The van der Waals surface area contributed by atoms with Crippen molar-refractivity contribution < 1.29 is 0 Å². The molecule has 2 rings (SSSR count). The standard InChI is InChI=1S/C12H13N2P/c15-9-10(11-5-1-3-7-13-11)12-6-2-4-8-14-12/h1-8,10H,9,15H2. The van der Waals surface area contributed by atoms with Crippen molar-refractivity contribution in [3.05, 3.63) is 60.2 Å². The third kappa shape index (κ3) is 2.40. The Hall–Kier alpha value is -1.27. The van der Waals surface area contributed by atoms with Crippen LogP contribution in [0.3, 0.4) is 0 Å². The van der Waals surface area contributed by atoms with Crippen LogP contribution in [0.2, 0.25) is 0 Å². The van der Waals surface area contributed by atoms with Crippen molar-refractivity contribution in [1.29, 1.82) is 0 Å². The number of hydrogen-bond acceptors (Lipinski definition) is 2. The fourth-order valence-corrected chi connectivity index (χ4v) is 2.04. The second-order valence-electron chi connectivity index (χ2n) is 3.30. The maximum atomic E-state index is 4.37. The van der Waals surface area contributed by atoms with E-state index in [9.17, 15) is 0 Å². The van der Waals surface area contributed by atoms with Crippen molar-refractivity contribution in [2.24, 2.45) is 0 Å². The molecular weight excluding hydrogens is 203 g/mol. The molecule has 1 atom stereocenters. The largest absolute Gasteiger partial charge is 0.261 e. The highest BCUT2D eigenvalue weighted by Crippen LogP contribution is 2.22. The summed E-state index contributed by atoms with van der Waals surface area (Å²) in [4.78, 5) is 8.75. The molecule has 0 aromatic carbocycles. The van der Waals surface area contributed by atoms with Crippen LogP contribution in [0.1, 0.15) is 17.3 Å². The number of nitrogens with zero attached hydrogens (tertiary/aromatic N) is 2. The molecule has 0 fully saturated rings. The Morgan fingerprint density at radius 3 is 1.80 bits per heavy atom. The van der Waals surface area contributed by atoms with Gasteiger partial charge in [-0.2, -0.15) is 0 Å². The van der Waals surface area contributed by atoms with E-state index in [1.807, 2.05) is 48.8 Å². The Bertz CT molecular complexity index is 363. The van der Waals surface area contributed by atoms with Gasteiger partial charge >= 0.3 is 0 Å². The van der Waals surface area contributed by atoms with Gasteiger partial charge < -0.3 is 0 Å². The molecule has 0 saturated carbocycles. The number of aromatic nitrogens is 2. The zero-order chi connectivity index (χ0) is 10.5. The van der Waals surface area contributed by atoms with Gasteiger partial charge in [-0.25, -0.2) is 0 Å². The van der Waals surface area contributed by atoms with E-state index in [-0.39, 0.29) is 5.92 Å². The zero-order valence-electron chi connectivity index (χ0n) is 8.38. The Kier molecular flexibility index (Phi) is 3.41. The van der Waals surface area contributed by atoms with Gasteiger partial charge in [-0.3, -0.25) is 9.97 Å². The molecule has 0 aliphatic rings. The van der Waals surface area contributed by atoms with Gasteiger partial charge in [0.05, 0.1) is 0 Å². The van der Waals surface area contributed by atoms with Gasteiger partial charge in [0.25, 0.3) is 0 Å². The molecule has 0 saturated heterocycles. The van der Waals surface area contributed by atoms with Gasteiger partial charge in [-0.1, -0.05) is 12.1 Å². The molecule has 0 amide bonds. The minimum Gasteiger partial charge on any atom is -0.261 e. The molecule has 0 bridgehead atoms. The molecule has 3 heteroatoms. The highest BCUT2D eigenvalue weighted by atomic mass is 31.0. The average molecular weight is 216 g/mol. The van der Waals surface area contributed by atoms with Crippen molar-refractivity contribution >= 4 is 9.24 Å². The summed E-state index contributed by atoms with van der Waals surface area (Å²) in [6.45, 7) is 0. The number of hydrogen-bond donors (Lipinski definition) is 0. The number of rotatable bonds is 3. The Morgan fingerprint density at radius 2 is 1.47 bits per heavy atom. The van der Waals surface area contributed by atoms with E-state index in [1.54, 1.807) is 0 Å². The van der Waals surface area contributed by atoms with Gasteiger partial charge in [-0.05, 0) is 30.4 Å². The van der Waals surface area contributed by atoms with E-state index in [4.69, 9.17) is 0 Å². The molecule has 1 unspecified atom stereocenters. The van der Waals surface area contributed by atoms with Crippen molar-refractivity contribution in [2.45, 2.75) is 5.92 Å². The topological polar surface area (TPSA) is 25.8 Å². The first-order valence-electron chi connectivity index (χ1n) is 4.93. The Morgan fingerprint density at radius 1 is 0.933 bits per heavy atom. The highest BCUT2D eigenvalue weighted by molar-refractivity contribution is 7.16. The van der Waals surface area contributed by atoms with Gasteiger partial charge in [-0.15, -0.1) is 9.24 Å². The van der Waals surface area contributed by atoms with Crippen molar-refractivity contribution in [3.63, 3.8) is 0 Å². The summed E-state index contributed by atoms with van der Waals surface area (Å²) < 4.78 is 0. The molecule has 0 N–H and O–H groups in total. The summed E-state index contributed by atoms with van der Waals surface area (Å²) in [5, 5.41) is 0. The fraction of sp³-hybridized carbons (Fsp3) is 0.167. The van der Waals surface area contributed by atoms with Crippen LogP contribution in [0.4, 0.5) is 0 Å². The van der Waals surface area contributed by atoms with Crippen molar-refractivity contribution in [3.8, 4) is 0 Å². The summed E-state index contributed by atoms with van der Waals surface area (Å²) in [6, 6.07) is 12.0. The van der Waals surface area contributed by atoms with E-state index in [2.05, 4.69) is 19.2 Å². The van der Waals surface area contributed by atoms with Crippen LogP contribution in [0, 0.1) is 0 Å². The molecule has 0 aliphatic heterocycles. The van der Waals surface area contributed by atoms with E-state index in [0.717, 1.165) is 17.5 Å². The Labute approximate surface area is 92.0 Å². The lowest BCUT2D eigenvalue weighted by atomic mass is 10.0. The van der Waals surface area contributed by atoms with Crippen LogP contribution in [0.5, 0.6) is 0 Å². The van der Waals surface area contributed by atoms with Gasteiger partial charge in [0.1, 0.15) is 0 Å². The molecule has 15 heavy (non-hydrogen) atoms. The van der Waals surface area contributed by atoms with Crippen molar-refractivity contribution in [2.75, 3.05) is 6.16 Å². The molecule has 0 aliphatic carbocycles. The molecule has 2 aromatic heterocycles. The van der Waals surface area contributed by atoms with Crippen LogP contribution in [-0.2, 0) is 0 Å². The summed E-state index contributed by atoms with van der Waals surface area (Å²) in [5.74, 6) is 0.275. The van der Waals surface area contributed by atoms with Crippen LogP contribution in [0.25, 0.3) is 0 Å². The van der Waals surface area contributed by atoms with E-state index < -0.39 is 0 Å². The molecule has 76 valence electrons. The third-order valence-electron chi connectivity index (χ3n) is 2.33. The first-order chi connectivity index (χ1) is 7.42. The molecular formula is C12H13N2P. The monoisotopic (exact) mass is 216 g/mol. The van der Waals surface area contributed by atoms with E-state index in [1.165, 1.54) is 0 Å². The Balaban J connectivity index is 2.34. The van der Waals surface area contributed by atoms with E-state index >= 15 is 0 Å². The zero-order valence-corrected chi connectivity index (χ0v) is 9.53. The summed E-state index contributed by atoms with van der Waals surface area (Å²) in [7, 11) is 2.76. The van der Waals surface area contributed by atoms with Gasteiger partial charge in [0.15, 0.2) is 0 Å². The maximum Gasteiger partial charge on any atom is 0.0497 e. The summed E-state index contributed by atoms with van der Waals surface area (Å²) in [5.41, 5.74) is 2.15. The first-order valence-corrected chi connectivity index (χ1v) is 5.75. The number of pyridine rings is 2. The summed E-state index contributed by atoms with van der Waals surface area (Å²) in [6.07, 6.45) is 4.59. The third-order valence-corrected chi connectivity index (χ3v) is 2.80. The second kappa shape index (κ2) is 4.99. The van der Waals surface area contributed by atoms with E-state index in [0.29, 0.717) is 0 Å². The smallest absolute Gasteiger partial charge is 0.0497 e. The maximum absolute atomic E-state index is 4.37. The van der Waals surface area contributed by atoms with Crippen molar-refractivity contribution in [1.82, 2.24) is 9.97 Å². The molecule has 0 radical (unpaired) electrons. The minimum atomic E-state index is 0.275. The van der Waals surface area contributed by atoms with Crippen LogP contribution in [0.15, 0.2) is 48.8 Å². The lowest BCUT2D eigenvalue weighted by Crippen LogP contribution is -2.06. The minimum absolute atomic E-state index is 0.275. The normalized spacial score (nSPS) is 10.5. The lowest BCUT2D eigenvalue weighted by Gasteiger charge is -2.12. The van der Waals surface area contributed by atoms with Gasteiger partial charge in [0, 0.05) is 29.7 Å². The summed E-state index contributed by atoms with van der Waals surface area (Å²) >= 11 is 0. The second-order valence-corrected chi connectivity index (χ2v) is 3.77. The predicted octanol–water partition coefficient (Wildman–Crippen LogP) is 2.48. The molecule has 2 heterocycles. The molecule has 2 nitrogen and oxygen atoms in total. The quantitative estimate of drug-likeness (QED) is 0.736. The predicted molar refractivity (Wildman–Crippen MR) is 64.9 cm³/mol. The van der Waals surface area contributed by atoms with Crippen LogP contribution >= 0.6 is 9.24 Å². The molecule has 0 spiro atoms. The first kappa shape index (κ1) is 10.3. The highest BCUT2D eigenvalue weighted by Gasteiger charge is 2.13. The molecule has 2 aromatic rings. The fourth-order valence-electron chi connectivity index (χ4n) is 1.56.